The number of ketones is 2. The molecule has 1 aliphatic heterocycles. The van der Waals surface area contributed by atoms with E-state index in [9.17, 15) is 19.2 Å². The summed E-state index contributed by atoms with van der Waals surface area (Å²) in [6.45, 7) is 4.02. The molecule has 1 aliphatic rings. The summed E-state index contributed by atoms with van der Waals surface area (Å²) < 4.78 is 5.25. The van der Waals surface area contributed by atoms with Gasteiger partial charge in [-0.3, -0.25) is 19.4 Å². The number of benzene rings is 1. The van der Waals surface area contributed by atoms with Gasteiger partial charge in [0.15, 0.2) is 5.78 Å². The lowest BCUT2D eigenvalue weighted by molar-refractivity contribution is -0.141. The van der Waals surface area contributed by atoms with Crippen LogP contribution in [0.5, 0.6) is 0 Å². The fourth-order valence-corrected chi connectivity index (χ4v) is 3.87. The first-order chi connectivity index (χ1) is 15.8. The second-order valence-electron chi connectivity index (χ2n) is 8.51. The molecule has 0 saturated carbocycles. The van der Waals surface area contributed by atoms with Crippen LogP contribution in [0.25, 0.3) is 0 Å². The van der Waals surface area contributed by atoms with Gasteiger partial charge in [-0.15, -0.1) is 0 Å². The first-order valence-corrected chi connectivity index (χ1v) is 11.1. The van der Waals surface area contributed by atoms with Crippen LogP contribution >= 0.6 is 0 Å². The Morgan fingerprint density at radius 3 is 2.64 bits per heavy atom. The lowest BCUT2D eigenvalue weighted by Crippen LogP contribution is -2.46. The number of nitrogens with one attached hydrogen (secondary N) is 2. The van der Waals surface area contributed by atoms with Gasteiger partial charge in [-0.1, -0.05) is 44.2 Å². The molecule has 0 aliphatic carbocycles. The van der Waals surface area contributed by atoms with Gasteiger partial charge in [0.25, 0.3) is 5.91 Å². The summed E-state index contributed by atoms with van der Waals surface area (Å²) in [7, 11) is 0. The van der Waals surface area contributed by atoms with Gasteiger partial charge in [0.05, 0.1) is 6.04 Å². The molecule has 2 atom stereocenters. The van der Waals surface area contributed by atoms with Crippen molar-refractivity contribution in [3.8, 4) is 0 Å². The van der Waals surface area contributed by atoms with Crippen LogP contribution in [-0.2, 0) is 38.6 Å². The van der Waals surface area contributed by atoms with Crippen LogP contribution in [0.4, 0.5) is 4.79 Å². The van der Waals surface area contributed by atoms with E-state index in [0.29, 0.717) is 13.0 Å². The number of rotatable bonds is 7. The molecule has 2 N–H and O–H groups in total. The van der Waals surface area contributed by atoms with E-state index in [0.717, 1.165) is 16.7 Å². The SMILES string of the molecule is CC(C)C(NC(=O)OCc1ccccc1)C(=O)CC1Cc2cnccc2CCNC(=O)C1=O. The third kappa shape index (κ3) is 6.71. The van der Waals surface area contributed by atoms with E-state index in [-0.39, 0.29) is 31.1 Å². The molecular formula is C25H29N3O5. The van der Waals surface area contributed by atoms with Gasteiger partial charge in [-0.2, -0.15) is 0 Å². The number of alkyl carbamates (subject to hydrolysis) is 1. The highest BCUT2D eigenvalue weighted by Gasteiger charge is 2.33. The summed E-state index contributed by atoms with van der Waals surface area (Å²) in [5.41, 5.74) is 2.66. The minimum atomic E-state index is -0.842. The van der Waals surface area contributed by atoms with Gasteiger partial charge < -0.3 is 15.4 Å². The normalized spacial score (nSPS) is 17.1. The lowest BCUT2D eigenvalue weighted by atomic mass is 9.85. The van der Waals surface area contributed by atoms with E-state index in [2.05, 4.69) is 15.6 Å². The maximum Gasteiger partial charge on any atom is 0.408 e. The first kappa shape index (κ1) is 24.1. The Balaban J connectivity index is 1.69. The van der Waals surface area contributed by atoms with Crippen molar-refractivity contribution in [2.75, 3.05) is 6.54 Å². The van der Waals surface area contributed by atoms with Crippen LogP contribution in [0, 0.1) is 11.8 Å². The number of carbonyl (C=O) groups excluding carboxylic acids is 4. The smallest absolute Gasteiger partial charge is 0.408 e. The topological polar surface area (TPSA) is 114 Å². The minimum absolute atomic E-state index is 0.0801. The molecule has 0 fully saturated rings. The first-order valence-electron chi connectivity index (χ1n) is 11.1. The van der Waals surface area contributed by atoms with E-state index in [4.69, 9.17) is 4.74 Å². The Morgan fingerprint density at radius 1 is 1.15 bits per heavy atom. The van der Waals surface area contributed by atoms with Gasteiger partial charge in [0.2, 0.25) is 5.78 Å². The van der Waals surface area contributed by atoms with Crippen LogP contribution in [0.3, 0.4) is 0 Å². The summed E-state index contributed by atoms with van der Waals surface area (Å²) in [4.78, 5) is 54.7. The van der Waals surface area contributed by atoms with Crippen LogP contribution in [0.15, 0.2) is 48.8 Å². The van der Waals surface area contributed by atoms with Gasteiger partial charge in [-0.25, -0.2) is 4.79 Å². The Hall–Kier alpha value is -3.55. The van der Waals surface area contributed by atoms with E-state index in [1.807, 2.05) is 36.4 Å². The van der Waals surface area contributed by atoms with Crippen molar-refractivity contribution in [3.63, 3.8) is 0 Å². The number of pyridine rings is 1. The molecular weight excluding hydrogens is 422 g/mol. The average molecular weight is 452 g/mol. The average Bonchev–Trinajstić information content (AvgIpc) is 2.86. The van der Waals surface area contributed by atoms with Gasteiger partial charge in [0, 0.05) is 31.3 Å². The summed E-state index contributed by atoms with van der Waals surface area (Å²) in [6, 6.07) is 10.2. The van der Waals surface area contributed by atoms with Crippen LogP contribution < -0.4 is 10.6 Å². The standard InChI is InChI=1S/C25H29N3O5/c1-16(2)22(28-25(32)33-15-17-6-4-3-5-7-17)21(29)13-19-12-20-14-26-10-8-18(20)9-11-27-24(31)23(19)30/h3-8,10,14,16,19,22H,9,11-13,15H2,1-2H3,(H,27,31)(H,28,32). The van der Waals surface area contributed by atoms with Crippen LogP contribution in [0.2, 0.25) is 0 Å². The minimum Gasteiger partial charge on any atom is -0.445 e. The summed E-state index contributed by atoms with van der Waals surface area (Å²) in [5, 5.41) is 5.25. The molecule has 2 heterocycles. The molecule has 2 aromatic rings. The molecule has 2 unspecified atom stereocenters. The number of fused-ring (bicyclic) bond motifs is 1. The molecule has 0 spiro atoms. The predicted molar refractivity (Wildman–Crippen MR) is 121 cm³/mol. The lowest BCUT2D eigenvalue weighted by Gasteiger charge is -2.23. The summed E-state index contributed by atoms with van der Waals surface area (Å²) in [5.74, 6) is -2.70. The number of hydrogen-bond donors (Lipinski definition) is 2. The van der Waals surface area contributed by atoms with Crippen molar-refractivity contribution in [1.82, 2.24) is 15.6 Å². The van der Waals surface area contributed by atoms with E-state index >= 15 is 0 Å². The zero-order chi connectivity index (χ0) is 23.8. The van der Waals surface area contributed by atoms with E-state index < -0.39 is 29.7 Å². The quantitative estimate of drug-likeness (QED) is 0.625. The highest BCUT2D eigenvalue weighted by Crippen LogP contribution is 2.21. The molecule has 33 heavy (non-hydrogen) atoms. The molecule has 0 radical (unpaired) electrons. The van der Waals surface area contributed by atoms with Crippen molar-refractivity contribution in [2.45, 2.75) is 45.8 Å². The monoisotopic (exact) mass is 451 g/mol. The predicted octanol–water partition coefficient (Wildman–Crippen LogP) is 2.39. The molecule has 1 aromatic heterocycles. The molecule has 8 heteroatoms. The van der Waals surface area contributed by atoms with E-state index in [1.54, 1.807) is 26.2 Å². The fraction of sp³-hybridized carbons (Fsp3) is 0.400. The van der Waals surface area contributed by atoms with Crippen LogP contribution in [-0.4, -0.2) is 41.1 Å². The second kappa shape index (κ2) is 11.4. The van der Waals surface area contributed by atoms with Gasteiger partial charge in [0.1, 0.15) is 6.61 Å². The molecule has 2 amide bonds. The molecule has 0 saturated heterocycles. The Kier molecular flexibility index (Phi) is 8.29. The number of ether oxygens (including phenoxy) is 1. The van der Waals surface area contributed by atoms with Crippen molar-refractivity contribution in [1.29, 1.82) is 0 Å². The van der Waals surface area contributed by atoms with Crippen molar-refractivity contribution < 1.29 is 23.9 Å². The molecule has 174 valence electrons. The van der Waals surface area contributed by atoms with Crippen LogP contribution in [0.1, 0.15) is 37.0 Å². The molecule has 8 nitrogen and oxygen atoms in total. The number of hydrogen-bond acceptors (Lipinski definition) is 6. The van der Waals surface area contributed by atoms with Gasteiger partial charge >= 0.3 is 6.09 Å². The highest BCUT2D eigenvalue weighted by molar-refractivity contribution is 6.37. The number of amides is 2. The summed E-state index contributed by atoms with van der Waals surface area (Å²) >= 11 is 0. The second-order valence-corrected chi connectivity index (χ2v) is 8.51. The number of Topliss-reactive ketones (excluding diaryl/α,β-unsaturated/α-hetero) is 2. The summed E-state index contributed by atoms with van der Waals surface area (Å²) in [6.07, 6.45) is 3.29. The zero-order valence-electron chi connectivity index (χ0n) is 18.9. The number of carbonyl (C=O) groups is 4. The highest BCUT2D eigenvalue weighted by atomic mass is 16.5. The maximum atomic E-state index is 13.1. The van der Waals surface area contributed by atoms with Crippen molar-refractivity contribution >= 4 is 23.6 Å². The largest absolute Gasteiger partial charge is 0.445 e. The van der Waals surface area contributed by atoms with Crippen molar-refractivity contribution in [3.05, 3.63) is 65.5 Å². The third-order valence-electron chi connectivity index (χ3n) is 5.69. The Labute approximate surface area is 193 Å². The van der Waals surface area contributed by atoms with Gasteiger partial charge in [-0.05, 0) is 41.5 Å². The molecule has 1 aromatic carbocycles. The molecule has 0 bridgehead atoms. The van der Waals surface area contributed by atoms with Crippen molar-refractivity contribution in [2.24, 2.45) is 11.8 Å². The molecule has 3 rings (SSSR count). The fourth-order valence-electron chi connectivity index (χ4n) is 3.87. The number of nitrogens with zero attached hydrogens (tertiary/aromatic N) is 1. The third-order valence-corrected chi connectivity index (χ3v) is 5.69. The van der Waals surface area contributed by atoms with E-state index in [1.165, 1.54) is 0 Å². The Morgan fingerprint density at radius 2 is 1.91 bits per heavy atom. The maximum absolute atomic E-state index is 13.1. The zero-order valence-corrected chi connectivity index (χ0v) is 18.9. The number of aromatic nitrogens is 1. The Bertz CT molecular complexity index is 1010.